The molecule has 0 amide bonds. The largest absolute Gasteiger partial charge is 0.466 e. The molecule has 9 heteroatoms. The lowest BCUT2D eigenvalue weighted by molar-refractivity contribution is -0.383. The molecule has 2 aromatic carbocycles. The predicted molar refractivity (Wildman–Crippen MR) is 101 cm³/mol. The fraction of sp³-hybridized carbons (Fsp3) is 0.176. The molecule has 0 heterocycles. The number of halogens is 2. The van der Waals surface area contributed by atoms with Crippen LogP contribution in [0.4, 0.5) is 11.4 Å². The first-order valence-electron chi connectivity index (χ1n) is 7.59. The van der Waals surface area contributed by atoms with Gasteiger partial charge in [-0.3, -0.25) is 20.3 Å². The number of nitro benzene ring substituents is 1. The van der Waals surface area contributed by atoms with E-state index in [2.05, 4.69) is 10.5 Å². The third kappa shape index (κ3) is 5.18. The normalized spacial score (nSPS) is 11.1. The lowest BCUT2D eigenvalue weighted by Crippen LogP contribution is -2.14. The summed E-state index contributed by atoms with van der Waals surface area (Å²) in [5, 5.41) is 15.6. The predicted octanol–water partition coefficient (Wildman–Crippen LogP) is 4.67. The maximum atomic E-state index is 11.8. The van der Waals surface area contributed by atoms with Crippen LogP contribution in [0.2, 0.25) is 10.0 Å². The summed E-state index contributed by atoms with van der Waals surface area (Å²) >= 11 is 11.8. The molecule has 0 aliphatic carbocycles. The van der Waals surface area contributed by atoms with Gasteiger partial charge in [0.15, 0.2) is 0 Å². The van der Waals surface area contributed by atoms with E-state index in [1.54, 1.807) is 31.2 Å². The van der Waals surface area contributed by atoms with Gasteiger partial charge in [-0.25, -0.2) is 0 Å². The van der Waals surface area contributed by atoms with Crippen LogP contribution in [0, 0.1) is 10.1 Å². The highest BCUT2D eigenvalue weighted by molar-refractivity contribution is 6.42. The van der Waals surface area contributed by atoms with Crippen LogP contribution in [-0.4, -0.2) is 23.2 Å². The van der Waals surface area contributed by atoms with Gasteiger partial charge in [-0.05, 0) is 18.6 Å². The van der Waals surface area contributed by atoms with Gasteiger partial charge in [-0.2, -0.15) is 5.10 Å². The Morgan fingerprint density at radius 1 is 1.23 bits per heavy atom. The Morgan fingerprint density at radius 3 is 2.50 bits per heavy atom. The molecule has 0 aliphatic rings. The minimum atomic E-state index is -0.604. The van der Waals surface area contributed by atoms with Crippen molar-refractivity contribution >= 4 is 46.3 Å². The van der Waals surface area contributed by atoms with Gasteiger partial charge in [0.1, 0.15) is 5.69 Å². The van der Waals surface area contributed by atoms with E-state index >= 15 is 0 Å². The highest BCUT2D eigenvalue weighted by Crippen LogP contribution is 2.34. The molecule has 2 aromatic rings. The standard InChI is InChI=1S/C17H15Cl2N3O4/c1-2-26-17(23)10-14(11-6-4-3-5-7-11)20-21-15-8-12(18)13(19)9-16(15)22(24)25/h3-9,21H,2,10H2,1H3/b20-14+. The van der Waals surface area contributed by atoms with E-state index in [0.717, 1.165) is 6.07 Å². The summed E-state index contributed by atoms with van der Waals surface area (Å²) in [6.45, 7) is 1.95. The van der Waals surface area contributed by atoms with Gasteiger partial charge >= 0.3 is 5.97 Å². The molecule has 26 heavy (non-hydrogen) atoms. The van der Waals surface area contributed by atoms with Crippen molar-refractivity contribution in [2.24, 2.45) is 5.10 Å². The molecule has 0 saturated heterocycles. The monoisotopic (exact) mass is 395 g/mol. The summed E-state index contributed by atoms with van der Waals surface area (Å²) in [6.07, 6.45) is -0.0972. The highest BCUT2D eigenvalue weighted by atomic mass is 35.5. The molecule has 0 spiro atoms. The van der Waals surface area contributed by atoms with Gasteiger partial charge in [-0.15, -0.1) is 0 Å². The van der Waals surface area contributed by atoms with Gasteiger partial charge in [0.05, 0.1) is 33.7 Å². The first-order valence-corrected chi connectivity index (χ1v) is 8.35. The minimum absolute atomic E-state index is 0.0571. The number of hydrazone groups is 1. The number of anilines is 1. The summed E-state index contributed by atoms with van der Waals surface area (Å²) in [5.74, 6) is -0.458. The number of ether oxygens (including phenoxy) is 1. The SMILES string of the molecule is CCOC(=O)C/C(=N\Nc1cc(Cl)c(Cl)cc1[N+](=O)[O-])c1ccccc1. The number of esters is 1. The molecular formula is C17H15Cl2N3O4. The van der Waals surface area contributed by atoms with Crippen LogP contribution >= 0.6 is 23.2 Å². The van der Waals surface area contributed by atoms with Crippen LogP contribution in [0.25, 0.3) is 0 Å². The van der Waals surface area contributed by atoms with Crippen molar-refractivity contribution in [1.29, 1.82) is 0 Å². The Morgan fingerprint density at radius 2 is 1.88 bits per heavy atom. The number of hydrogen-bond donors (Lipinski definition) is 1. The molecule has 0 unspecified atom stereocenters. The average Bonchev–Trinajstić information content (AvgIpc) is 2.61. The van der Waals surface area contributed by atoms with Crippen LogP contribution < -0.4 is 5.43 Å². The first-order chi connectivity index (χ1) is 12.4. The van der Waals surface area contributed by atoms with Crippen LogP contribution in [0.1, 0.15) is 18.9 Å². The summed E-state index contributed by atoms with van der Waals surface area (Å²) < 4.78 is 4.95. The van der Waals surface area contributed by atoms with E-state index < -0.39 is 10.9 Å². The van der Waals surface area contributed by atoms with E-state index in [1.807, 2.05) is 6.07 Å². The zero-order chi connectivity index (χ0) is 19.1. The number of nitrogens with one attached hydrogen (secondary N) is 1. The summed E-state index contributed by atoms with van der Waals surface area (Å²) in [5.41, 5.74) is 3.42. The third-order valence-electron chi connectivity index (χ3n) is 3.27. The van der Waals surface area contributed by atoms with E-state index in [1.165, 1.54) is 6.07 Å². The number of rotatable bonds is 7. The van der Waals surface area contributed by atoms with E-state index in [9.17, 15) is 14.9 Å². The molecule has 0 aromatic heterocycles. The van der Waals surface area contributed by atoms with E-state index in [-0.39, 0.29) is 34.4 Å². The lowest BCUT2D eigenvalue weighted by atomic mass is 10.1. The van der Waals surface area contributed by atoms with Gasteiger partial charge < -0.3 is 4.74 Å². The third-order valence-corrected chi connectivity index (χ3v) is 3.99. The van der Waals surface area contributed by atoms with Crippen molar-refractivity contribution in [3.05, 3.63) is 68.2 Å². The van der Waals surface area contributed by atoms with Gasteiger partial charge in [-0.1, -0.05) is 53.5 Å². The van der Waals surface area contributed by atoms with Crippen LogP contribution in [0.5, 0.6) is 0 Å². The number of nitrogens with zero attached hydrogens (tertiary/aromatic N) is 2. The molecule has 7 nitrogen and oxygen atoms in total. The second-order valence-corrected chi connectivity index (χ2v) is 5.87. The minimum Gasteiger partial charge on any atom is -0.466 e. The fourth-order valence-electron chi connectivity index (χ4n) is 2.09. The Balaban J connectivity index is 2.37. The van der Waals surface area contributed by atoms with Crippen LogP contribution in [-0.2, 0) is 9.53 Å². The molecule has 0 radical (unpaired) electrons. The molecule has 0 aliphatic heterocycles. The number of hydrogen-bond acceptors (Lipinski definition) is 6. The molecule has 2 rings (SSSR count). The van der Waals surface area contributed by atoms with Crippen molar-refractivity contribution in [1.82, 2.24) is 0 Å². The fourth-order valence-corrected chi connectivity index (χ4v) is 2.41. The second-order valence-electron chi connectivity index (χ2n) is 5.06. The topological polar surface area (TPSA) is 93.8 Å². The quantitative estimate of drug-likeness (QED) is 0.318. The maximum absolute atomic E-state index is 11.8. The highest BCUT2D eigenvalue weighted by Gasteiger charge is 2.18. The van der Waals surface area contributed by atoms with E-state index in [0.29, 0.717) is 11.3 Å². The van der Waals surface area contributed by atoms with Crippen molar-refractivity contribution in [3.63, 3.8) is 0 Å². The molecule has 136 valence electrons. The molecule has 0 saturated carbocycles. The summed E-state index contributed by atoms with van der Waals surface area (Å²) in [7, 11) is 0. The van der Waals surface area contributed by atoms with Crippen molar-refractivity contribution in [3.8, 4) is 0 Å². The van der Waals surface area contributed by atoms with Crippen molar-refractivity contribution in [2.45, 2.75) is 13.3 Å². The maximum Gasteiger partial charge on any atom is 0.311 e. The van der Waals surface area contributed by atoms with Crippen LogP contribution in [0.15, 0.2) is 47.6 Å². The molecular weight excluding hydrogens is 381 g/mol. The number of benzene rings is 2. The first kappa shape index (κ1) is 19.7. The summed E-state index contributed by atoms with van der Waals surface area (Å²) in [6, 6.07) is 11.4. The Bertz CT molecular complexity index is 841. The molecule has 0 bridgehead atoms. The molecule has 0 fully saturated rings. The van der Waals surface area contributed by atoms with Gasteiger partial charge in [0.2, 0.25) is 0 Å². The Labute approximate surface area is 159 Å². The van der Waals surface area contributed by atoms with Gasteiger partial charge in [0, 0.05) is 6.07 Å². The van der Waals surface area contributed by atoms with E-state index in [4.69, 9.17) is 27.9 Å². The smallest absolute Gasteiger partial charge is 0.311 e. The zero-order valence-electron chi connectivity index (χ0n) is 13.7. The van der Waals surface area contributed by atoms with Gasteiger partial charge in [0.25, 0.3) is 5.69 Å². The number of nitro groups is 1. The lowest BCUT2D eigenvalue weighted by Gasteiger charge is -2.09. The van der Waals surface area contributed by atoms with Crippen molar-refractivity contribution < 1.29 is 14.5 Å². The zero-order valence-corrected chi connectivity index (χ0v) is 15.3. The van der Waals surface area contributed by atoms with Crippen LogP contribution in [0.3, 0.4) is 0 Å². The van der Waals surface area contributed by atoms with Crippen molar-refractivity contribution in [2.75, 3.05) is 12.0 Å². The number of carbonyl (C=O) groups is 1. The molecule has 0 atom stereocenters. The second kappa shape index (κ2) is 9.17. The Hall–Kier alpha value is -2.64. The molecule has 1 N–H and O–H groups in total. The Kier molecular flexibility index (Phi) is 6.94. The summed E-state index contributed by atoms with van der Waals surface area (Å²) in [4.78, 5) is 22.4. The number of carbonyl (C=O) groups excluding carboxylic acids is 1. The average molecular weight is 396 g/mol.